The van der Waals surface area contributed by atoms with E-state index in [1.165, 1.54) is 30.2 Å². The fraction of sp³-hybridized carbons (Fsp3) is 0.824. The van der Waals surface area contributed by atoms with Crippen LogP contribution in [0.2, 0.25) is 0 Å². The van der Waals surface area contributed by atoms with Crippen LogP contribution in [0, 0.1) is 5.92 Å². The topological polar surface area (TPSA) is 33.1 Å². The summed E-state index contributed by atoms with van der Waals surface area (Å²) < 4.78 is 2.53. The van der Waals surface area contributed by atoms with Gasteiger partial charge in [-0.05, 0) is 32.0 Å². The molecule has 0 amide bonds. The lowest BCUT2D eigenvalue weighted by atomic mass is 10.1. The molecule has 1 aromatic rings. The number of hydrogen-bond donors (Lipinski definition) is 1. The van der Waals surface area contributed by atoms with Gasteiger partial charge in [0, 0.05) is 38.2 Å². The summed E-state index contributed by atoms with van der Waals surface area (Å²) in [4.78, 5) is 7.42. The standard InChI is InChI=1S/C17H32N4/c1-5-20(6-2)10-7-11-21-16-8-9-18-13-15(16)19-17(21)12-14(3)4/h14,18H,5-13H2,1-4H3. The van der Waals surface area contributed by atoms with Crippen LogP contribution in [0.25, 0.3) is 0 Å². The molecule has 120 valence electrons. The van der Waals surface area contributed by atoms with Gasteiger partial charge in [0.05, 0.1) is 5.69 Å². The molecule has 0 atom stereocenters. The molecule has 2 rings (SSSR count). The van der Waals surface area contributed by atoms with E-state index < -0.39 is 0 Å². The first-order valence-corrected chi connectivity index (χ1v) is 8.65. The molecule has 0 saturated heterocycles. The summed E-state index contributed by atoms with van der Waals surface area (Å²) in [6.07, 6.45) is 3.45. The molecule has 0 unspecified atom stereocenters. The Morgan fingerprint density at radius 1 is 1.29 bits per heavy atom. The molecule has 4 nitrogen and oxygen atoms in total. The van der Waals surface area contributed by atoms with Crippen molar-refractivity contribution in [1.82, 2.24) is 19.8 Å². The van der Waals surface area contributed by atoms with Crippen molar-refractivity contribution in [2.75, 3.05) is 26.2 Å². The quantitative estimate of drug-likeness (QED) is 0.799. The summed E-state index contributed by atoms with van der Waals surface area (Å²) >= 11 is 0. The zero-order valence-electron chi connectivity index (χ0n) is 14.3. The van der Waals surface area contributed by atoms with Gasteiger partial charge in [0.1, 0.15) is 5.82 Å². The van der Waals surface area contributed by atoms with Gasteiger partial charge in [-0.25, -0.2) is 4.98 Å². The zero-order chi connectivity index (χ0) is 15.2. The molecular formula is C17H32N4. The highest BCUT2D eigenvalue weighted by molar-refractivity contribution is 5.20. The molecule has 1 aromatic heterocycles. The molecule has 0 radical (unpaired) electrons. The van der Waals surface area contributed by atoms with E-state index in [9.17, 15) is 0 Å². The molecule has 21 heavy (non-hydrogen) atoms. The highest BCUT2D eigenvalue weighted by atomic mass is 15.1. The average molecular weight is 292 g/mol. The molecular weight excluding hydrogens is 260 g/mol. The van der Waals surface area contributed by atoms with Gasteiger partial charge >= 0.3 is 0 Å². The Morgan fingerprint density at radius 2 is 2.05 bits per heavy atom. The van der Waals surface area contributed by atoms with Gasteiger partial charge in [-0.2, -0.15) is 0 Å². The minimum atomic E-state index is 0.670. The molecule has 2 heterocycles. The van der Waals surface area contributed by atoms with Gasteiger partial charge < -0.3 is 14.8 Å². The van der Waals surface area contributed by atoms with Crippen LogP contribution in [0.4, 0.5) is 0 Å². The maximum Gasteiger partial charge on any atom is 0.109 e. The summed E-state index contributed by atoms with van der Waals surface area (Å²) in [7, 11) is 0. The first-order chi connectivity index (χ1) is 10.2. The Hall–Kier alpha value is -0.870. The second-order valence-corrected chi connectivity index (χ2v) is 6.48. The van der Waals surface area contributed by atoms with Crippen molar-refractivity contribution in [1.29, 1.82) is 0 Å². The van der Waals surface area contributed by atoms with Crippen LogP contribution in [0.1, 0.15) is 51.3 Å². The van der Waals surface area contributed by atoms with E-state index in [0.717, 1.165) is 45.6 Å². The van der Waals surface area contributed by atoms with Crippen LogP contribution in [-0.2, 0) is 25.9 Å². The summed E-state index contributed by atoms with van der Waals surface area (Å²) in [5.41, 5.74) is 2.78. The molecule has 1 aliphatic rings. The van der Waals surface area contributed by atoms with Crippen LogP contribution in [0.5, 0.6) is 0 Å². The lowest BCUT2D eigenvalue weighted by molar-refractivity contribution is 0.291. The molecule has 0 aliphatic carbocycles. The second kappa shape index (κ2) is 7.95. The SMILES string of the molecule is CCN(CC)CCCn1c(CC(C)C)nc2c1CCNC2. The first-order valence-electron chi connectivity index (χ1n) is 8.65. The Bertz CT molecular complexity index is 432. The van der Waals surface area contributed by atoms with Crippen molar-refractivity contribution in [3.63, 3.8) is 0 Å². The summed E-state index contributed by atoms with van der Waals surface area (Å²) in [5.74, 6) is 1.97. The van der Waals surface area contributed by atoms with Gasteiger partial charge in [-0.3, -0.25) is 0 Å². The lowest BCUT2D eigenvalue weighted by Crippen LogP contribution is -2.27. The Labute approximate surface area is 129 Å². The van der Waals surface area contributed by atoms with Crippen LogP contribution in [0.3, 0.4) is 0 Å². The van der Waals surface area contributed by atoms with E-state index in [1.54, 1.807) is 0 Å². The Morgan fingerprint density at radius 3 is 2.71 bits per heavy atom. The van der Waals surface area contributed by atoms with Gasteiger partial charge in [-0.15, -0.1) is 0 Å². The molecule has 0 spiro atoms. The van der Waals surface area contributed by atoms with Crippen molar-refractivity contribution < 1.29 is 0 Å². The third-order valence-electron chi connectivity index (χ3n) is 4.41. The third-order valence-corrected chi connectivity index (χ3v) is 4.41. The second-order valence-electron chi connectivity index (χ2n) is 6.48. The minimum absolute atomic E-state index is 0.670. The molecule has 0 fully saturated rings. The van der Waals surface area contributed by atoms with E-state index in [1.807, 2.05) is 0 Å². The highest BCUT2D eigenvalue weighted by Crippen LogP contribution is 2.19. The van der Waals surface area contributed by atoms with Crippen LogP contribution in [0.15, 0.2) is 0 Å². The van der Waals surface area contributed by atoms with Crippen molar-refractivity contribution in [3.05, 3.63) is 17.2 Å². The van der Waals surface area contributed by atoms with Gasteiger partial charge in [0.15, 0.2) is 0 Å². The number of nitrogens with one attached hydrogen (secondary N) is 1. The van der Waals surface area contributed by atoms with Crippen molar-refractivity contribution in [3.8, 4) is 0 Å². The Kier molecular flexibility index (Phi) is 6.24. The molecule has 4 heteroatoms. The van der Waals surface area contributed by atoms with Crippen LogP contribution in [-0.4, -0.2) is 40.6 Å². The smallest absolute Gasteiger partial charge is 0.109 e. The zero-order valence-corrected chi connectivity index (χ0v) is 14.3. The first kappa shape index (κ1) is 16.5. The molecule has 0 aromatic carbocycles. The minimum Gasteiger partial charge on any atom is -0.332 e. The van der Waals surface area contributed by atoms with Crippen molar-refractivity contribution >= 4 is 0 Å². The van der Waals surface area contributed by atoms with Crippen molar-refractivity contribution in [2.24, 2.45) is 5.92 Å². The monoisotopic (exact) mass is 292 g/mol. The molecule has 0 saturated carbocycles. The van der Waals surface area contributed by atoms with E-state index >= 15 is 0 Å². The van der Waals surface area contributed by atoms with E-state index in [-0.39, 0.29) is 0 Å². The van der Waals surface area contributed by atoms with E-state index in [2.05, 4.69) is 42.5 Å². The fourth-order valence-electron chi connectivity index (χ4n) is 3.20. The number of rotatable bonds is 8. The largest absolute Gasteiger partial charge is 0.332 e. The fourth-order valence-corrected chi connectivity index (χ4v) is 3.20. The van der Waals surface area contributed by atoms with Crippen LogP contribution >= 0.6 is 0 Å². The van der Waals surface area contributed by atoms with E-state index in [4.69, 9.17) is 4.98 Å². The number of nitrogens with zero attached hydrogens (tertiary/aromatic N) is 3. The maximum absolute atomic E-state index is 4.92. The normalized spacial score (nSPS) is 15.0. The predicted octanol–water partition coefficient (Wildman–Crippen LogP) is 2.46. The maximum atomic E-state index is 4.92. The van der Waals surface area contributed by atoms with E-state index in [0.29, 0.717) is 5.92 Å². The summed E-state index contributed by atoms with van der Waals surface area (Å²) in [6.45, 7) is 15.7. The van der Waals surface area contributed by atoms with Gasteiger partial charge in [0.25, 0.3) is 0 Å². The lowest BCUT2D eigenvalue weighted by Gasteiger charge is -2.20. The van der Waals surface area contributed by atoms with Crippen molar-refractivity contribution in [2.45, 2.75) is 60.0 Å². The third kappa shape index (κ3) is 4.30. The highest BCUT2D eigenvalue weighted by Gasteiger charge is 2.19. The number of hydrogen-bond acceptors (Lipinski definition) is 3. The predicted molar refractivity (Wildman–Crippen MR) is 88.6 cm³/mol. The van der Waals surface area contributed by atoms with Crippen LogP contribution < -0.4 is 5.32 Å². The van der Waals surface area contributed by atoms with Gasteiger partial charge in [-0.1, -0.05) is 27.7 Å². The molecule has 0 bridgehead atoms. The molecule has 1 aliphatic heterocycles. The number of fused-ring (bicyclic) bond motifs is 1. The number of imidazole rings is 1. The molecule has 1 N–H and O–H groups in total. The number of aromatic nitrogens is 2. The average Bonchev–Trinajstić information content (AvgIpc) is 2.80. The summed E-state index contributed by atoms with van der Waals surface area (Å²) in [6, 6.07) is 0. The van der Waals surface area contributed by atoms with Gasteiger partial charge in [0.2, 0.25) is 0 Å². The summed E-state index contributed by atoms with van der Waals surface area (Å²) in [5, 5.41) is 3.44. The Balaban J connectivity index is 2.06.